The van der Waals surface area contributed by atoms with Crippen molar-refractivity contribution in [1.82, 2.24) is 14.8 Å². The molecule has 0 saturated heterocycles. The zero-order valence-corrected chi connectivity index (χ0v) is 10.8. The van der Waals surface area contributed by atoms with Gasteiger partial charge < -0.3 is 0 Å². The molecular formula is C16H13N3O. The molecule has 2 aromatic carbocycles. The second-order valence-corrected chi connectivity index (χ2v) is 4.42. The van der Waals surface area contributed by atoms with Crippen molar-refractivity contribution in [1.29, 1.82) is 0 Å². The quantitative estimate of drug-likeness (QED) is 0.680. The highest BCUT2D eigenvalue weighted by atomic mass is 16.1. The Morgan fingerprint density at radius 2 is 1.60 bits per heavy atom. The molecule has 0 bridgehead atoms. The third-order valence-corrected chi connectivity index (χ3v) is 2.97. The van der Waals surface area contributed by atoms with Crippen LogP contribution in [0.1, 0.15) is 10.4 Å². The maximum Gasteiger partial charge on any atom is 0.184 e. The monoisotopic (exact) mass is 263 g/mol. The van der Waals surface area contributed by atoms with E-state index in [2.05, 4.69) is 10.1 Å². The van der Waals surface area contributed by atoms with E-state index in [1.807, 2.05) is 48.5 Å². The summed E-state index contributed by atoms with van der Waals surface area (Å²) in [6.45, 7) is 0.198. The van der Waals surface area contributed by atoms with Gasteiger partial charge in [-0.15, -0.1) is 0 Å². The van der Waals surface area contributed by atoms with Crippen LogP contribution in [-0.4, -0.2) is 20.5 Å². The van der Waals surface area contributed by atoms with Crippen molar-refractivity contribution in [2.45, 2.75) is 6.54 Å². The summed E-state index contributed by atoms with van der Waals surface area (Å²) in [5, 5.41) is 4.33. The molecule has 3 aromatic rings. The van der Waals surface area contributed by atoms with Gasteiger partial charge in [-0.3, -0.25) is 4.79 Å². The number of rotatable bonds is 4. The first-order valence-electron chi connectivity index (χ1n) is 6.36. The summed E-state index contributed by atoms with van der Waals surface area (Å²) in [4.78, 5) is 16.3. The molecule has 0 spiro atoms. The molecule has 0 amide bonds. The summed E-state index contributed by atoms with van der Waals surface area (Å²) in [6.07, 6.45) is 1.59. The molecule has 0 aliphatic carbocycles. The van der Waals surface area contributed by atoms with E-state index in [4.69, 9.17) is 0 Å². The maximum absolute atomic E-state index is 12.1. The lowest BCUT2D eigenvalue weighted by Gasteiger charge is -2.00. The number of benzene rings is 2. The van der Waals surface area contributed by atoms with Gasteiger partial charge in [0.15, 0.2) is 11.6 Å². The Kier molecular flexibility index (Phi) is 3.37. The zero-order chi connectivity index (χ0) is 13.8. The van der Waals surface area contributed by atoms with E-state index in [1.54, 1.807) is 23.1 Å². The Labute approximate surface area is 116 Å². The molecule has 0 fully saturated rings. The molecule has 1 heterocycles. The predicted octanol–water partition coefficient (Wildman–Crippen LogP) is 2.83. The topological polar surface area (TPSA) is 47.8 Å². The molecule has 0 aliphatic heterocycles. The van der Waals surface area contributed by atoms with Gasteiger partial charge in [0.05, 0.1) is 0 Å². The van der Waals surface area contributed by atoms with Crippen molar-refractivity contribution in [2.75, 3.05) is 0 Å². The van der Waals surface area contributed by atoms with Crippen LogP contribution < -0.4 is 0 Å². The van der Waals surface area contributed by atoms with Crippen LogP contribution in [0.2, 0.25) is 0 Å². The minimum atomic E-state index is 0.0233. The van der Waals surface area contributed by atoms with Crippen LogP contribution in [0.4, 0.5) is 0 Å². The fourth-order valence-electron chi connectivity index (χ4n) is 1.95. The van der Waals surface area contributed by atoms with Crippen molar-refractivity contribution >= 4 is 5.78 Å². The van der Waals surface area contributed by atoms with E-state index in [-0.39, 0.29) is 12.3 Å². The average Bonchev–Trinajstić information content (AvgIpc) is 2.97. The number of carbonyl (C=O) groups excluding carboxylic acids is 1. The van der Waals surface area contributed by atoms with Crippen LogP contribution in [0, 0.1) is 0 Å². The highest BCUT2D eigenvalue weighted by molar-refractivity contribution is 5.95. The average molecular weight is 263 g/mol. The van der Waals surface area contributed by atoms with Gasteiger partial charge in [0.2, 0.25) is 0 Å². The number of nitrogens with zero attached hydrogens (tertiary/aromatic N) is 3. The summed E-state index contributed by atoms with van der Waals surface area (Å²) < 4.78 is 1.57. The lowest BCUT2D eigenvalue weighted by Crippen LogP contribution is -2.10. The summed E-state index contributed by atoms with van der Waals surface area (Å²) in [7, 11) is 0. The minimum absolute atomic E-state index is 0.0233. The predicted molar refractivity (Wildman–Crippen MR) is 76.2 cm³/mol. The van der Waals surface area contributed by atoms with E-state index in [1.165, 1.54) is 0 Å². The first-order valence-corrected chi connectivity index (χ1v) is 6.36. The molecule has 0 radical (unpaired) electrons. The molecular weight excluding hydrogens is 250 g/mol. The van der Waals surface area contributed by atoms with Gasteiger partial charge in [-0.2, -0.15) is 5.10 Å². The van der Waals surface area contributed by atoms with Gasteiger partial charge >= 0.3 is 0 Å². The van der Waals surface area contributed by atoms with Crippen molar-refractivity contribution in [3.05, 3.63) is 72.6 Å². The number of hydrogen-bond acceptors (Lipinski definition) is 3. The van der Waals surface area contributed by atoms with Crippen LogP contribution >= 0.6 is 0 Å². The van der Waals surface area contributed by atoms with Crippen LogP contribution in [0.5, 0.6) is 0 Å². The maximum atomic E-state index is 12.1. The summed E-state index contributed by atoms with van der Waals surface area (Å²) in [6, 6.07) is 18.9. The fourth-order valence-corrected chi connectivity index (χ4v) is 1.95. The Morgan fingerprint density at radius 3 is 2.30 bits per heavy atom. The van der Waals surface area contributed by atoms with Gasteiger partial charge in [0.25, 0.3) is 0 Å². The molecule has 20 heavy (non-hydrogen) atoms. The smallest absolute Gasteiger partial charge is 0.184 e. The molecule has 4 heteroatoms. The second kappa shape index (κ2) is 5.48. The SMILES string of the molecule is O=C(Cn1cnc(-c2ccccc2)n1)c1ccccc1. The number of Topliss-reactive ketones (excluding diaryl/α,β-unsaturated/α-hetero) is 1. The van der Waals surface area contributed by atoms with Gasteiger partial charge in [-0.1, -0.05) is 60.7 Å². The largest absolute Gasteiger partial charge is 0.292 e. The molecule has 0 aliphatic rings. The molecule has 0 saturated carbocycles. The third-order valence-electron chi connectivity index (χ3n) is 2.97. The third kappa shape index (κ3) is 2.64. The molecule has 0 atom stereocenters. The van der Waals surface area contributed by atoms with E-state index < -0.39 is 0 Å². The van der Waals surface area contributed by atoms with E-state index in [9.17, 15) is 4.79 Å². The van der Waals surface area contributed by atoms with Crippen LogP contribution in [-0.2, 0) is 6.54 Å². The Balaban J connectivity index is 1.77. The zero-order valence-electron chi connectivity index (χ0n) is 10.8. The number of ketones is 1. The normalized spacial score (nSPS) is 10.4. The van der Waals surface area contributed by atoms with Gasteiger partial charge in [0.1, 0.15) is 12.9 Å². The van der Waals surface area contributed by atoms with Gasteiger partial charge in [-0.05, 0) is 0 Å². The minimum Gasteiger partial charge on any atom is -0.292 e. The molecule has 4 nitrogen and oxygen atoms in total. The summed E-state index contributed by atoms with van der Waals surface area (Å²) in [5.74, 6) is 0.654. The van der Waals surface area contributed by atoms with Gasteiger partial charge in [-0.25, -0.2) is 9.67 Å². The molecule has 98 valence electrons. The van der Waals surface area contributed by atoms with Crippen LogP contribution in [0.15, 0.2) is 67.0 Å². The van der Waals surface area contributed by atoms with E-state index >= 15 is 0 Å². The van der Waals surface area contributed by atoms with Crippen molar-refractivity contribution in [3.8, 4) is 11.4 Å². The number of hydrogen-bond donors (Lipinski definition) is 0. The molecule has 1 aromatic heterocycles. The highest BCUT2D eigenvalue weighted by Gasteiger charge is 2.09. The second-order valence-electron chi connectivity index (χ2n) is 4.42. The molecule has 3 rings (SSSR count). The van der Waals surface area contributed by atoms with Crippen LogP contribution in [0.3, 0.4) is 0 Å². The van der Waals surface area contributed by atoms with Crippen LogP contribution in [0.25, 0.3) is 11.4 Å². The lowest BCUT2D eigenvalue weighted by molar-refractivity contribution is 0.0967. The number of aromatic nitrogens is 3. The van der Waals surface area contributed by atoms with E-state index in [0.717, 1.165) is 5.56 Å². The first-order chi connectivity index (χ1) is 9.83. The molecule has 0 unspecified atom stereocenters. The fraction of sp³-hybridized carbons (Fsp3) is 0.0625. The highest BCUT2D eigenvalue weighted by Crippen LogP contribution is 2.13. The van der Waals surface area contributed by atoms with Crippen molar-refractivity contribution in [3.63, 3.8) is 0 Å². The summed E-state index contributed by atoms with van der Waals surface area (Å²) >= 11 is 0. The van der Waals surface area contributed by atoms with E-state index in [0.29, 0.717) is 11.4 Å². The summed E-state index contributed by atoms with van der Waals surface area (Å²) in [5.41, 5.74) is 1.63. The lowest BCUT2D eigenvalue weighted by atomic mass is 10.1. The Morgan fingerprint density at radius 1 is 0.950 bits per heavy atom. The van der Waals surface area contributed by atoms with Crippen molar-refractivity contribution < 1.29 is 4.79 Å². The molecule has 0 N–H and O–H groups in total. The Hall–Kier alpha value is -2.75. The van der Waals surface area contributed by atoms with Gasteiger partial charge in [0, 0.05) is 11.1 Å². The standard InChI is InChI=1S/C16H13N3O/c20-15(13-7-3-1-4-8-13)11-19-12-17-16(18-19)14-9-5-2-6-10-14/h1-10,12H,11H2. The van der Waals surface area contributed by atoms with Crippen molar-refractivity contribution in [2.24, 2.45) is 0 Å². The number of carbonyl (C=O) groups is 1. The Bertz CT molecular complexity index is 705. The first kappa shape index (κ1) is 12.3.